The van der Waals surface area contributed by atoms with E-state index in [0.29, 0.717) is 51.5 Å². The van der Waals surface area contributed by atoms with Gasteiger partial charge in [-0.1, -0.05) is 42.8 Å². The molecule has 0 radical (unpaired) electrons. The van der Waals surface area contributed by atoms with Crippen LogP contribution >= 0.6 is 22.2 Å². The molecule has 14 heteroatoms. The molecule has 0 saturated carbocycles. The first-order valence-electron chi connectivity index (χ1n) is 17.9. The molecular weight excluding hydrogens is 732 g/mol. The van der Waals surface area contributed by atoms with E-state index in [1.165, 1.54) is 17.1 Å². The first kappa shape index (κ1) is 42.8. The molecule has 0 spiro atoms. The van der Waals surface area contributed by atoms with Crippen molar-refractivity contribution < 1.29 is 22.7 Å². The number of halogens is 3. The molecule has 0 aliphatic rings. The summed E-state index contributed by atoms with van der Waals surface area (Å²) in [5.74, 6) is 4.13. The summed E-state index contributed by atoms with van der Waals surface area (Å²) in [5, 5.41) is 4.67. The summed E-state index contributed by atoms with van der Waals surface area (Å²) in [6, 6.07) is 13.1. The normalized spacial score (nSPS) is 15.0. The van der Waals surface area contributed by atoms with Crippen LogP contribution in [0.2, 0.25) is 5.02 Å². The van der Waals surface area contributed by atoms with E-state index in [4.69, 9.17) is 28.9 Å². The monoisotopic (exact) mass is 785 g/mol. The topological polar surface area (TPSA) is 169 Å². The Morgan fingerprint density at radius 3 is 2.33 bits per heavy atom. The van der Waals surface area contributed by atoms with Crippen LogP contribution in [0.15, 0.2) is 78.8 Å². The lowest BCUT2D eigenvalue weighted by molar-refractivity contribution is -0.122. The molecule has 1 amide bonds. The molecule has 54 heavy (non-hydrogen) atoms. The molecule has 4 rings (SSSR count). The third-order valence-corrected chi connectivity index (χ3v) is 13.4. The zero-order chi connectivity index (χ0) is 40.1. The summed E-state index contributed by atoms with van der Waals surface area (Å²) >= 11 is 6.68. The Morgan fingerprint density at radius 2 is 1.72 bits per heavy atom. The number of imidazole rings is 1. The summed E-state index contributed by atoms with van der Waals surface area (Å²) in [4.78, 5) is 18.2. The average molecular weight is 786 g/mol. The molecule has 9 N–H and O–H groups in total. The number of hydrazine groups is 1. The van der Waals surface area contributed by atoms with Crippen LogP contribution in [0.1, 0.15) is 77.1 Å². The summed E-state index contributed by atoms with van der Waals surface area (Å²) in [6.45, 7) is 10.9. The number of para-hydroxylation sites is 2. The third kappa shape index (κ3) is 10.0. The number of benzene rings is 3. The van der Waals surface area contributed by atoms with Gasteiger partial charge in [0.2, 0.25) is 5.91 Å². The maximum atomic E-state index is 14.5. The van der Waals surface area contributed by atoms with Gasteiger partial charge in [0.1, 0.15) is 18.2 Å². The van der Waals surface area contributed by atoms with E-state index < -0.39 is 45.0 Å². The number of nitrogens with two attached hydrogens (primary N) is 3. The van der Waals surface area contributed by atoms with Gasteiger partial charge < -0.3 is 26.4 Å². The molecule has 294 valence electrons. The highest BCUT2D eigenvalue weighted by Gasteiger charge is 2.36. The molecular formula is C40H54ClF2N7O3S. The van der Waals surface area contributed by atoms with Gasteiger partial charge in [-0.25, -0.2) is 19.6 Å². The fourth-order valence-electron chi connectivity index (χ4n) is 6.73. The smallest absolute Gasteiger partial charge is 0.240 e. The van der Waals surface area contributed by atoms with Crippen molar-refractivity contribution in [1.82, 2.24) is 14.9 Å². The van der Waals surface area contributed by atoms with Gasteiger partial charge in [0.25, 0.3) is 0 Å². The molecule has 0 fully saturated rings. The quantitative estimate of drug-likeness (QED) is 0.0375. The van der Waals surface area contributed by atoms with Crippen LogP contribution in [0.5, 0.6) is 0 Å². The maximum absolute atomic E-state index is 14.5. The number of anilines is 1. The lowest BCUT2D eigenvalue weighted by atomic mass is 9.82. The fourth-order valence-corrected chi connectivity index (χ4v) is 8.73. The average Bonchev–Trinajstić information content (AvgIpc) is 3.48. The highest BCUT2D eigenvalue weighted by Crippen LogP contribution is 2.57. The number of amides is 1. The van der Waals surface area contributed by atoms with Gasteiger partial charge >= 0.3 is 0 Å². The van der Waals surface area contributed by atoms with Gasteiger partial charge in [0, 0.05) is 58.2 Å². The SMILES string of the molecule is CC(N)c1c(Cl)ccc(/C(=C/C=C(\N)CCC(C)(C)S(O)(O)C(C)C)C(C)[C@H](Cc2cc(F)cc(F)c2)NC(=O)Cn2cnc3ccccc32)c1N(C)N. The number of hydrogen-bond donors (Lipinski definition) is 6. The molecule has 4 aromatic rings. The van der Waals surface area contributed by atoms with E-state index >= 15 is 0 Å². The number of allylic oxidation sites excluding steroid dienone is 3. The Morgan fingerprint density at radius 1 is 1.07 bits per heavy atom. The van der Waals surface area contributed by atoms with Crippen LogP contribution in [0.25, 0.3) is 16.6 Å². The summed E-state index contributed by atoms with van der Waals surface area (Å²) < 4.78 is 51.8. The summed E-state index contributed by atoms with van der Waals surface area (Å²) in [7, 11) is -1.25. The lowest BCUT2D eigenvalue weighted by Gasteiger charge is -2.50. The lowest BCUT2D eigenvalue weighted by Crippen LogP contribution is -2.43. The van der Waals surface area contributed by atoms with Gasteiger partial charge in [-0.05, 0) is 101 Å². The van der Waals surface area contributed by atoms with E-state index in [-0.39, 0.29) is 24.1 Å². The molecule has 3 atom stereocenters. The number of aromatic nitrogens is 2. The molecule has 0 aliphatic carbocycles. The van der Waals surface area contributed by atoms with E-state index in [0.717, 1.165) is 17.1 Å². The first-order valence-corrected chi connectivity index (χ1v) is 19.9. The van der Waals surface area contributed by atoms with Crippen molar-refractivity contribution >= 4 is 50.4 Å². The van der Waals surface area contributed by atoms with Crippen molar-refractivity contribution in [1.29, 1.82) is 0 Å². The van der Waals surface area contributed by atoms with Gasteiger partial charge in [0.05, 0.1) is 27.8 Å². The molecule has 3 aromatic carbocycles. The Hall–Kier alpha value is -3.98. The standard InChI is InChI=1S/C40H54ClF2N7O3S/c1-24(2)54(52,53)40(5,6)17-16-30(45)12-13-31(32-14-15-33(41)38(26(4)44)39(32)49(7)46)25(3)35(20-27-18-28(42)21-29(43)19-27)48-37(51)22-50-23-47-34-10-8-9-11-36(34)50/h8-15,18-19,21,23-26,35,52-53H,16-17,20,22,44-46H2,1-7H3,(H,48,51)/b30-12-,31-13+/t25?,26?,35-/m0/s1. The van der Waals surface area contributed by atoms with Gasteiger partial charge in [-0.2, -0.15) is 10.6 Å². The van der Waals surface area contributed by atoms with Crippen LogP contribution < -0.4 is 27.6 Å². The molecule has 0 saturated heterocycles. The molecule has 0 aliphatic heterocycles. The van der Waals surface area contributed by atoms with Crippen LogP contribution in [0, 0.1) is 17.6 Å². The molecule has 1 aromatic heterocycles. The van der Waals surface area contributed by atoms with Crippen molar-refractivity contribution in [3.05, 3.63) is 112 Å². The second kappa shape index (κ2) is 17.7. The third-order valence-electron chi connectivity index (χ3n) is 9.91. The Kier molecular flexibility index (Phi) is 14.0. The number of carbonyl (C=O) groups is 1. The molecule has 10 nitrogen and oxygen atoms in total. The zero-order valence-electron chi connectivity index (χ0n) is 32.0. The number of fused-ring (bicyclic) bond motifs is 1. The van der Waals surface area contributed by atoms with E-state index in [9.17, 15) is 22.7 Å². The minimum absolute atomic E-state index is 0.0505. The molecule has 2 unspecified atom stereocenters. The number of rotatable bonds is 16. The van der Waals surface area contributed by atoms with Crippen LogP contribution in [0.4, 0.5) is 14.5 Å². The molecule has 0 bridgehead atoms. The second-order valence-electron chi connectivity index (χ2n) is 14.8. The van der Waals surface area contributed by atoms with Crippen molar-refractivity contribution in [3.63, 3.8) is 0 Å². The Labute approximate surface area is 323 Å². The Balaban J connectivity index is 1.83. The molecule has 1 heterocycles. The number of nitrogens with one attached hydrogen (secondary N) is 1. The Bertz CT molecular complexity index is 1990. The second-order valence-corrected chi connectivity index (χ2v) is 18.5. The van der Waals surface area contributed by atoms with Crippen LogP contribution in [0.3, 0.4) is 0 Å². The largest absolute Gasteiger partial charge is 0.402 e. The van der Waals surface area contributed by atoms with E-state index in [1.54, 1.807) is 50.9 Å². The fraction of sp³-hybridized carbons (Fsp3) is 0.400. The van der Waals surface area contributed by atoms with Gasteiger partial charge in [-0.15, -0.1) is 0 Å². The van der Waals surface area contributed by atoms with Gasteiger partial charge in [0.15, 0.2) is 0 Å². The number of hydrogen-bond acceptors (Lipinski definition) is 8. The first-order chi connectivity index (χ1) is 25.2. The van der Waals surface area contributed by atoms with Crippen molar-refractivity contribution in [2.45, 2.75) is 89.4 Å². The zero-order valence-corrected chi connectivity index (χ0v) is 33.6. The highest BCUT2D eigenvalue weighted by molar-refractivity contribution is 8.25. The predicted octanol–water partition coefficient (Wildman–Crippen LogP) is 8.31. The van der Waals surface area contributed by atoms with E-state index in [2.05, 4.69) is 10.3 Å². The van der Waals surface area contributed by atoms with Crippen molar-refractivity contribution in [2.75, 3.05) is 12.1 Å². The van der Waals surface area contributed by atoms with Crippen molar-refractivity contribution in [3.8, 4) is 0 Å². The summed E-state index contributed by atoms with van der Waals surface area (Å²) in [6.07, 6.45) is 6.03. The predicted molar refractivity (Wildman–Crippen MR) is 219 cm³/mol. The van der Waals surface area contributed by atoms with E-state index in [1.807, 2.05) is 57.2 Å². The highest BCUT2D eigenvalue weighted by atomic mass is 35.5. The van der Waals surface area contributed by atoms with Gasteiger partial charge in [-0.3, -0.25) is 13.9 Å². The number of nitrogens with zero attached hydrogens (tertiary/aromatic N) is 3. The summed E-state index contributed by atoms with van der Waals surface area (Å²) in [5.41, 5.74) is 17.9. The number of carbonyl (C=O) groups excluding carboxylic acids is 1. The minimum atomic E-state index is -2.92. The van der Waals surface area contributed by atoms with Crippen LogP contribution in [-0.2, 0) is 17.8 Å². The maximum Gasteiger partial charge on any atom is 0.240 e. The van der Waals surface area contributed by atoms with Crippen LogP contribution in [-0.4, -0.2) is 47.7 Å². The van der Waals surface area contributed by atoms with Crippen molar-refractivity contribution in [2.24, 2.45) is 23.2 Å². The minimum Gasteiger partial charge on any atom is -0.402 e.